The summed E-state index contributed by atoms with van der Waals surface area (Å²) in [6, 6.07) is -0.345. The van der Waals surface area contributed by atoms with Gasteiger partial charge in [-0.15, -0.1) is 12.3 Å². The van der Waals surface area contributed by atoms with Gasteiger partial charge in [0, 0.05) is 58.2 Å². The number of rotatable bonds is 9. The topological polar surface area (TPSA) is 101 Å². The van der Waals surface area contributed by atoms with Crippen LogP contribution in [-0.4, -0.2) is 57.7 Å². The Bertz CT molecular complexity index is 790. The Morgan fingerprint density at radius 3 is 2.86 bits per heavy atom. The summed E-state index contributed by atoms with van der Waals surface area (Å²) < 4.78 is 7.63. The Labute approximate surface area is 164 Å². The highest BCUT2D eigenvalue weighted by Gasteiger charge is 2.41. The van der Waals surface area contributed by atoms with Gasteiger partial charge in [-0.25, -0.2) is 4.98 Å². The second kappa shape index (κ2) is 8.52. The fraction of sp³-hybridized carbons (Fsp3) is 0.632. The molecule has 3 rings (SSSR count). The molecule has 2 atom stereocenters. The quantitative estimate of drug-likeness (QED) is 0.644. The number of imidazole rings is 1. The smallest absolute Gasteiger partial charge is 0.249 e. The van der Waals surface area contributed by atoms with E-state index >= 15 is 0 Å². The summed E-state index contributed by atoms with van der Waals surface area (Å²) >= 11 is 0. The lowest BCUT2D eigenvalue weighted by molar-refractivity contribution is -0.157. The van der Waals surface area contributed by atoms with Crippen LogP contribution >= 0.6 is 0 Å². The second-order valence-electron chi connectivity index (χ2n) is 7.06. The van der Waals surface area contributed by atoms with Crippen molar-refractivity contribution < 1.29 is 14.3 Å². The fourth-order valence-corrected chi connectivity index (χ4v) is 3.50. The maximum atomic E-state index is 12.3. The third kappa shape index (κ3) is 4.39. The molecule has 1 fully saturated rings. The Morgan fingerprint density at radius 1 is 1.46 bits per heavy atom. The van der Waals surface area contributed by atoms with Gasteiger partial charge in [-0.3, -0.25) is 9.59 Å². The van der Waals surface area contributed by atoms with Crippen molar-refractivity contribution in [3.8, 4) is 12.3 Å². The molecule has 1 aromatic rings. The molecule has 9 nitrogen and oxygen atoms in total. The number of nitrogens with zero attached hydrogens (tertiary/aromatic N) is 5. The van der Waals surface area contributed by atoms with E-state index < -0.39 is 5.66 Å². The van der Waals surface area contributed by atoms with E-state index in [-0.39, 0.29) is 30.6 Å². The molecule has 2 aliphatic rings. The van der Waals surface area contributed by atoms with E-state index in [1.807, 2.05) is 24.7 Å². The van der Waals surface area contributed by atoms with Crippen LogP contribution in [0.4, 0.5) is 0 Å². The van der Waals surface area contributed by atoms with E-state index in [1.54, 1.807) is 11.1 Å². The standard InChI is InChI=1S/C19H26N6O3/c1-4-6-8-19(22-23-19)9-7-15(26)21-12-14-17(18-20-10-11-24(18)3)25(5-2)16(27)13-28-14/h1,10-11,14,17H,5-9,12-13H2,2-3H3,(H,21,26)/t14-,17+/m1/s1. The number of aromatic nitrogens is 2. The molecular weight excluding hydrogens is 360 g/mol. The summed E-state index contributed by atoms with van der Waals surface area (Å²) in [5, 5.41) is 11.0. The molecule has 150 valence electrons. The molecular formula is C19H26N6O3. The van der Waals surface area contributed by atoms with Crippen molar-refractivity contribution in [1.82, 2.24) is 19.8 Å². The molecule has 0 radical (unpaired) electrons. The Balaban J connectivity index is 1.57. The van der Waals surface area contributed by atoms with Crippen LogP contribution < -0.4 is 5.32 Å². The first kappa shape index (κ1) is 20.0. The van der Waals surface area contributed by atoms with Crippen molar-refractivity contribution >= 4 is 11.8 Å². The van der Waals surface area contributed by atoms with Gasteiger partial charge in [0.2, 0.25) is 11.8 Å². The number of amides is 2. The van der Waals surface area contributed by atoms with Crippen molar-refractivity contribution in [3.05, 3.63) is 18.2 Å². The number of likely N-dealkylation sites (N-methyl/N-ethyl adjacent to an activating group) is 1. The Kier molecular flexibility index (Phi) is 6.09. The zero-order valence-corrected chi connectivity index (χ0v) is 16.3. The van der Waals surface area contributed by atoms with Gasteiger partial charge in [-0.1, -0.05) is 0 Å². The predicted octanol–water partition coefficient (Wildman–Crippen LogP) is 1.18. The molecule has 0 aliphatic carbocycles. The Morgan fingerprint density at radius 2 is 2.25 bits per heavy atom. The predicted molar refractivity (Wildman–Crippen MR) is 101 cm³/mol. The van der Waals surface area contributed by atoms with Gasteiger partial charge in [0.1, 0.15) is 24.6 Å². The fourth-order valence-electron chi connectivity index (χ4n) is 3.50. The van der Waals surface area contributed by atoms with Crippen molar-refractivity contribution in [2.24, 2.45) is 17.3 Å². The Hall–Kier alpha value is -2.73. The summed E-state index contributed by atoms with van der Waals surface area (Å²) in [6.07, 6.45) is 10.6. The summed E-state index contributed by atoms with van der Waals surface area (Å²) in [5.74, 6) is 3.14. The van der Waals surface area contributed by atoms with E-state index in [0.29, 0.717) is 38.8 Å². The summed E-state index contributed by atoms with van der Waals surface area (Å²) in [6.45, 7) is 2.77. The van der Waals surface area contributed by atoms with Gasteiger partial charge in [0.25, 0.3) is 0 Å². The van der Waals surface area contributed by atoms with E-state index in [9.17, 15) is 9.59 Å². The van der Waals surface area contributed by atoms with Gasteiger partial charge in [0.05, 0.1) is 0 Å². The van der Waals surface area contributed by atoms with Crippen LogP contribution in [0.5, 0.6) is 0 Å². The molecule has 1 saturated heterocycles. The summed E-state index contributed by atoms with van der Waals surface area (Å²) in [7, 11) is 1.88. The van der Waals surface area contributed by atoms with Crippen LogP contribution in [-0.2, 0) is 21.4 Å². The molecule has 2 aliphatic heterocycles. The number of terminal acetylenes is 1. The van der Waals surface area contributed by atoms with E-state index in [1.165, 1.54) is 0 Å². The third-order valence-electron chi connectivity index (χ3n) is 5.20. The maximum Gasteiger partial charge on any atom is 0.249 e. The second-order valence-corrected chi connectivity index (χ2v) is 7.06. The van der Waals surface area contributed by atoms with Crippen molar-refractivity contribution in [2.45, 2.75) is 50.4 Å². The average molecular weight is 386 g/mol. The number of carbonyl (C=O) groups is 2. The third-order valence-corrected chi connectivity index (χ3v) is 5.20. The molecule has 1 N–H and O–H groups in total. The molecule has 2 amide bonds. The average Bonchev–Trinajstić information content (AvgIpc) is 3.35. The number of morpholine rings is 1. The van der Waals surface area contributed by atoms with Crippen LogP contribution in [0, 0.1) is 12.3 Å². The molecule has 0 saturated carbocycles. The molecule has 0 aromatic carbocycles. The first-order chi connectivity index (χ1) is 13.5. The molecule has 3 heterocycles. The molecule has 0 bridgehead atoms. The van der Waals surface area contributed by atoms with Gasteiger partial charge in [-0.2, -0.15) is 10.2 Å². The largest absolute Gasteiger partial charge is 0.364 e. The van der Waals surface area contributed by atoms with Gasteiger partial charge >= 0.3 is 0 Å². The monoisotopic (exact) mass is 386 g/mol. The van der Waals surface area contributed by atoms with Crippen molar-refractivity contribution in [1.29, 1.82) is 0 Å². The highest BCUT2D eigenvalue weighted by atomic mass is 16.5. The lowest BCUT2D eigenvalue weighted by atomic mass is 10.0. The van der Waals surface area contributed by atoms with Crippen LogP contribution in [0.15, 0.2) is 22.6 Å². The first-order valence-electron chi connectivity index (χ1n) is 9.52. The molecule has 1 aromatic heterocycles. The van der Waals surface area contributed by atoms with Crippen molar-refractivity contribution in [3.63, 3.8) is 0 Å². The number of aryl methyl sites for hydroxylation is 1. The van der Waals surface area contributed by atoms with Crippen LogP contribution in [0.3, 0.4) is 0 Å². The molecule has 0 spiro atoms. The number of carbonyl (C=O) groups excluding carboxylic acids is 2. The normalized spacial score (nSPS) is 22.8. The number of ether oxygens (including phenoxy) is 1. The van der Waals surface area contributed by atoms with E-state index in [0.717, 1.165) is 5.82 Å². The highest BCUT2D eigenvalue weighted by Crippen LogP contribution is 2.37. The zero-order valence-electron chi connectivity index (χ0n) is 16.3. The van der Waals surface area contributed by atoms with Gasteiger partial charge < -0.3 is 19.5 Å². The molecule has 9 heteroatoms. The molecule has 28 heavy (non-hydrogen) atoms. The lowest BCUT2D eigenvalue weighted by Crippen LogP contribution is -2.53. The number of hydrogen-bond donors (Lipinski definition) is 1. The SMILES string of the molecule is C#CCCC1(CCC(=O)NC[C@H]2OCC(=O)N(CC)[C@@H]2c2nccn2C)N=N1. The minimum atomic E-state index is -0.466. The summed E-state index contributed by atoms with van der Waals surface area (Å²) in [4.78, 5) is 30.7. The van der Waals surface area contributed by atoms with Crippen LogP contribution in [0.2, 0.25) is 0 Å². The van der Waals surface area contributed by atoms with Crippen LogP contribution in [0.1, 0.15) is 44.5 Å². The number of hydrogen-bond acceptors (Lipinski definition) is 6. The number of nitrogens with one attached hydrogen (secondary N) is 1. The van der Waals surface area contributed by atoms with Crippen molar-refractivity contribution in [2.75, 3.05) is 19.7 Å². The highest BCUT2D eigenvalue weighted by molar-refractivity contribution is 5.79. The van der Waals surface area contributed by atoms with Gasteiger partial charge in [-0.05, 0) is 6.92 Å². The maximum absolute atomic E-state index is 12.3. The first-order valence-corrected chi connectivity index (χ1v) is 9.52. The molecule has 0 unspecified atom stereocenters. The van der Waals surface area contributed by atoms with E-state index in [2.05, 4.69) is 26.4 Å². The van der Waals surface area contributed by atoms with E-state index in [4.69, 9.17) is 11.2 Å². The minimum Gasteiger partial charge on any atom is -0.364 e. The lowest BCUT2D eigenvalue weighted by Gasteiger charge is -2.40. The zero-order chi connectivity index (χ0) is 20.1. The minimum absolute atomic E-state index is 0.00224. The van der Waals surface area contributed by atoms with Gasteiger partial charge in [0.15, 0.2) is 5.66 Å². The van der Waals surface area contributed by atoms with Crippen LogP contribution in [0.25, 0.3) is 0 Å². The summed E-state index contributed by atoms with van der Waals surface area (Å²) in [5.41, 5.74) is -0.466.